The van der Waals surface area contributed by atoms with E-state index in [4.69, 9.17) is 11.6 Å². The molecule has 1 saturated heterocycles. The minimum Gasteiger partial charge on any atom is -0.352 e. The van der Waals surface area contributed by atoms with Crippen molar-refractivity contribution in [2.75, 3.05) is 6.54 Å². The van der Waals surface area contributed by atoms with E-state index in [1.807, 2.05) is 20.8 Å². The normalized spacial score (nSPS) is 20.1. The smallest absolute Gasteiger partial charge is 0.325 e. The Morgan fingerprint density at radius 2 is 1.80 bits per heavy atom. The number of carbonyl (C=O) groups excluding carboxylic acids is 3. The average molecular weight is 366 g/mol. The van der Waals surface area contributed by atoms with Crippen LogP contribution in [0, 0.1) is 0 Å². The fourth-order valence-electron chi connectivity index (χ4n) is 3.05. The van der Waals surface area contributed by atoms with Crippen molar-refractivity contribution < 1.29 is 14.4 Å². The number of hydrogen-bond donors (Lipinski definition) is 2. The van der Waals surface area contributed by atoms with Crippen molar-refractivity contribution in [3.8, 4) is 0 Å². The van der Waals surface area contributed by atoms with Gasteiger partial charge in [-0.2, -0.15) is 0 Å². The molecule has 0 spiro atoms. The minimum atomic E-state index is -1.16. The highest BCUT2D eigenvalue weighted by molar-refractivity contribution is 6.30. The Morgan fingerprint density at radius 3 is 2.32 bits per heavy atom. The Labute approximate surface area is 152 Å². The van der Waals surface area contributed by atoms with Gasteiger partial charge in [0.25, 0.3) is 5.91 Å². The summed E-state index contributed by atoms with van der Waals surface area (Å²) in [5.41, 5.74) is -0.503. The molecule has 6 nitrogen and oxygen atoms in total. The summed E-state index contributed by atoms with van der Waals surface area (Å²) in [6.45, 7) is 5.49. The molecule has 0 aromatic heterocycles. The van der Waals surface area contributed by atoms with Crippen molar-refractivity contribution in [3.05, 3.63) is 34.9 Å². The van der Waals surface area contributed by atoms with Gasteiger partial charge in [-0.15, -0.1) is 0 Å². The summed E-state index contributed by atoms with van der Waals surface area (Å²) in [5, 5.41) is 6.15. The molecule has 4 amide bonds. The van der Waals surface area contributed by atoms with E-state index in [9.17, 15) is 14.4 Å². The topological polar surface area (TPSA) is 78.5 Å². The van der Waals surface area contributed by atoms with Gasteiger partial charge >= 0.3 is 6.03 Å². The standard InChI is InChI=1S/C18H24ClN3O3/c1-4-14(5-2)20-15(23)11-22-16(24)18(6-3,21-17(22)25)12-7-9-13(19)10-8-12/h7-10,14H,4-6,11H2,1-3H3,(H,20,23)(H,21,25). The predicted octanol–water partition coefficient (Wildman–Crippen LogP) is 2.80. The minimum absolute atomic E-state index is 0.0421. The fourth-order valence-corrected chi connectivity index (χ4v) is 3.18. The lowest BCUT2D eigenvalue weighted by molar-refractivity contribution is -0.135. The van der Waals surface area contributed by atoms with Gasteiger partial charge in [0.15, 0.2) is 0 Å². The Balaban J connectivity index is 2.20. The molecule has 1 aromatic carbocycles. The molecule has 7 heteroatoms. The first-order chi connectivity index (χ1) is 11.9. The van der Waals surface area contributed by atoms with Gasteiger partial charge in [0.1, 0.15) is 12.1 Å². The summed E-state index contributed by atoms with van der Waals surface area (Å²) in [6, 6.07) is 6.28. The number of rotatable bonds is 7. The SMILES string of the molecule is CCC(CC)NC(=O)CN1C(=O)NC(CC)(c2ccc(Cl)cc2)C1=O. The molecule has 2 rings (SSSR count). The molecule has 1 fully saturated rings. The summed E-state index contributed by atoms with van der Waals surface area (Å²) in [6.07, 6.45) is 1.97. The maximum Gasteiger partial charge on any atom is 0.325 e. The number of halogens is 1. The van der Waals surface area contributed by atoms with Gasteiger partial charge in [-0.05, 0) is 37.0 Å². The molecule has 2 N–H and O–H groups in total. The van der Waals surface area contributed by atoms with E-state index in [-0.39, 0.29) is 18.5 Å². The first-order valence-electron chi connectivity index (χ1n) is 8.57. The summed E-state index contributed by atoms with van der Waals surface area (Å²) in [7, 11) is 0. The number of nitrogens with zero attached hydrogens (tertiary/aromatic N) is 1. The van der Waals surface area contributed by atoms with Crippen LogP contribution in [0.2, 0.25) is 5.02 Å². The average Bonchev–Trinajstić information content (AvgIpc) is 2.85. The molecule has 1 heterocycles. The van der Waals surface area contributed by atoms with Crippen molar-refractivity contribution in [1.82, 2.24) is 15.5 Å². The van der Waals surface area contributed by atoms with Crippen molar-refractivity contribution in [3.63, 3.8) is 0 Å². The lowest BCUT2D eigenvalue weighted by Crippen LogP contribution is -2.46. The molecule has 1 aromatic rings. The third-order valence-corrected chi connectivity index (χ3v) is 4.95. The highest BCUT2D eigenvalue weighted by Crippen LogP contribution is 2.32. The second kappa shape index (κ2) is 7.87. The summed E-state index contributed by atoms with van der Waals surface area (Å²) in [5.74, 6) is -0.748. The zero-order valence-electron chi connectivity index (χ0n) is 14.8. The lowest BCUT2D eigenvalue weighted by Gasteiger charge is -2.26. The summed E-state index contributed by atoms with van der Waals surface area (Å²) < 4.78 is 0. The summed E-state index contributed by atoms with van der Waals surface area (Å²) >= 11 is 5.91. The number of imide groups is 1. The van der Waals surface area contributed by atoms with Gasteiger partial charge in [-0.3, -0.25) is 14.5 Å². The zero-order valence-corrected chi connectivity index (χ0v) is 15.5. The van der Waals surface area contributed by atoms with E-state index in [1.165, 1.54) is 0 Å². The first kappa shape index (κ1) is 19.2. The van der Waals surface area contributed by atoms with Crippen LogP contribution in [0.4, 0.5) is 4.79 Å². The van der Waals surface area contributed by atoms with Crippen molar-refractivity contribution in [2.24, 2.45) is 0 Å². The third kappa shape index (κ3) is 3.79. The van der Waals surface area contributed by atoms with Crippen molar-refractivity contribution >= 4 is 29.4 Å². The van der Waals surface area contributed by atoms with E-state index < -0.39 is 17.5 Å². The Morgan fingerprint density at radius 1 is 1.20 bits per heavy atom. The third-order valence-electron chi connectivity index (χ3n) is 4.70. The molecule has 1 aliphatic heterocycles. The van der Waals surface area contributed by atoms with Crippen LogP contribution < -0.4 is 10.6 Å². The molecule has 1 aliphatic rings. The number of benzene rings is 1. The molecule has 136 valence electrons. The Kier molecular flexibility index (Phi) is 6.06. The van der Waals surface area contributed by atoms with Gasteiger partial charge in [-0.25, -0.2) is 4.79 Å². The van der Waals surface area contributed by atoms with Crippen LogP contribution in [0.5, 0.6) is 0 Å². The van der Waals surface area contributed by atoms with Crippen LogP contribution in [0.3, 0.4) is 0 Å². The maximum absolute atomic E-state index is 12.9. The van der Waals surface area contributed by atoms with Crippen LogP contribution in [-0.4, -0.2) is 35.3 Å². The molecular formula is C18H24ClN3O3. The molecule has 1 unspecified atom stereocenters. The zero-order chi connectivity index (χ0) is 18.6. The maximum atomic E-state index is 12.9. The monoisotopic (exact) mass is 365 g/mol. The number of carbonyl (C=O) groups is 3. The molecule has 0 aliphatic carbocycles. The fraction of sp³-hybridized carbons (Fsp3) is 0.500. The Hall–Kier alpha value is -2.08. The number of amides is 4. The Bertz CT molecular complexity index is 658. The second-order valence-corrected chi connectivity index (χ2v) is 6.60. The van der Waals surface area contributed by atoms with Crippen molar-refractivity contribution in [2.45, 2.75) is 51.6 Å². The largest absolute Gasteiger partial charge is 0.352 e. The van der Waals surface area contributed by atoms with Crippen LogP contribution >= 0.6 is 11.6 Å². The van der Waals surface area contributed by atoms with E-state index in [0.29, 0.717) is 17.0 Å². The van der Waals surface area contributed by atoms with E-state index in [0.717, 1.165) is 17.7 Å². The van der Waals surface area contributed by atoms with Crippen LogP contribution in [0.1, 0.15) is 45.6 Å². The molecule has 25 heavy (non-hydrogen) atoms. The van der Waals surface area contributed by atoms with Crippen LogP contribution in [-0.2, 0) is 15.1 Å². The second-order valence-electron chi connectivity index (χ2n) is 6.17. The number of nitrogens with one attached hydrogen (secondary N) is 2. The molecule has 0 radical (unpaired) electrons. The van der Waals surface area contributed by atoms with Gasteiger partial charge in [0, 0.05) is 11.1 Å². The molecule has 0 saturated carbocycles. The highest BCUT2D eigenvalue weighted by atomic mass is 35.5. The first-order valence-corrected chi connectivity index (χ1v) is 8.95. The van der Waals surface area contributed by atoms with Crippen LogP contribution in [0.15, 0.2) is 24.3 Å². The van der Waals surface area contributed by atoms with Gasteiger partial charge in [0.2, 0.25) is 5.91 Å². The van der Waals surface area contributed by atoms with Gasteiger partial charge in [0.05, 0.1) is 0 Å². The van der Waals surface area contributed by atoms with Crippen molar-refractivity contribution in [1.29, 1.82) is 0 Å². The van der Waals surface area contributed by atoms with E-state index >= 15 is 0 Å². The lowest BCUT2D eigenvalue weighted by atomic mass is 9.87. The van der Waals surface area contributed by atoms with E-state index in [2.05, 4.69) is 10.6 Å². The highest BCUT2D eigenvalue weighted by Gasteiger charge is 2.51. The molecular weight excluding hydrogens is 342 g/mol. The van der Waals surface area contributed by atoms with E-state index in [1.54, 1.807) is 24.3 Å². The van der Waals surface area contributed by atoms with Crippen LogP contribution in [0.25, 0.3) is 0 Å². The number of urea groups is 1. The molecule has 0 bridgehead atoms. The van der Waals surface area contributed by atoms with Gasteiger partial charge < -0.3 is 10.6 Å². The number of hydrogen-bond acceptors (Lipinski definition) is 3. The molecule has 1 atom stereocenters. The van der Waals surface area contributed by atoms with Gasteiger partial charge in [-0.1, -0.05) is 44.5 Å². The predicted molar refractivity (Wildman–Crippen MR) is 96.2 cm³/mol. The quantitative estimate of drug-likeness (QED) is 0.729. The summed E-state index contributed by atoms with van der Waals surface area (Å²) in [4.78, 5) is 38.5.